The number of nitrogens with zero attached hydrogens (tertiary/aromatic N) is 1. The van der Waals surface area contributed by atoms with Crippen molar-refractivity contribution in [3.8, 4) is 0 Å². The van der Waals surface area contributed by atoms with Crippen molar-refractivity contribution in [2.24, 2.45) is 5.92 Å². The van der Waals surface area contributed by atoms with Crippen LogP contribution in [0, 0.1) is 5.92 Å². The van der Waals surface area contributed by atoms with Gasteiger partial charge in [0, 0.05) is 31.7 Å². The number of piperazine rings is 1. The zero-order valence-electron chi connectivity index (χ0n) is 9.51. The Balaban J connectivity index is 2.46. The predicted octanol–water partition coefficient (Wildman–Crippen LogP) is 1.71. The minimum absolute atomic E-state index is 0.700. The van der Waals surface area contributed by atoms with Crippen LogP contribution in [0.4, 0.5) is 0 Å². The Labute approximate surface area is 82.7 Å². The van der Waals surface area contributed by atoms with Crippen molar-refractivity contribution >= 4 is 0 Å². The molecule has 0 aliphatic carbocycles. The van der Waals surface area contributed by atoms with Crippen LogP contribution in [0.15, 0.2) is 0 Å². The van der Waals surface area contributed by atoms with E-state index < -0.39 is 0 Å². The lowest BCUT2D eigenvalue weighted by molar-refractivity contribution is 0.108. The van der Waals surface area contributed by atoms with Crippen LogP contribution in [0.25, 0.3) is 0 Å². The van der Waals surface area contributed by atoms with Gasteiger partial charge in [-0.15, -0.1) is 0 Å². The van der Waals surface area contributed by atoms with Crippen molar-refractivity contribution in [1.82, 2.24) is 10.2 Å². The van der Waals surface area contributed by atoms with E-state index in [1.54, 1.807) is 0 Å². The summed E-state index contributed by atoms with van der Waals surface area (Å²) < 4.78 is 0. The van der Waals surface area contributed by atoms with Gasteiger partial charge in [0.05, 0.1) is 0 Å². The van der Waals surface area contributed by atoms with Gasteiger partial charge in [0.15, 0.2) is 0 Å². The number of hydrogen-bond donors (Lipinski definition) is 1. The molecule has 0 spiro atoms. The van der Waals surface area contributed by atoms with E-state index in [1.807, 2.05) is 0 Å². The second kappa shape index (κ2) is 4.97. The first-order chi connectivity index (χ1) is 6.11. The van der Waals surface area contributed by atoms with Crippen molar-refractivity contribution < 1.29 is 0 Å². The maximum Gasteiger partial charge on any atom is 0.0226 e. The SMILES string of the molecule is CC(C)C[C@H]1CNCCN1C(C)C. The van der Waals surface area contributed by atoms with Crippen LogP contribution in [0.3, 0.4) is 0 Å². The van der Waals surface area contributed by atoms with E-state index in [1.165, 1.54) is 19.5 Å². The van der Waals surface area contributed by atoms with Crippen molar-refractivity contribution in [2.45, 2.75) is 46.2 Å². The maximum absolute atomic E-state index is 3.48. The lowest BCUT2D eigenvalue weighted by atomic mass is 10.00. The Hall–Kier alpha value is -0.0800. The first-order valence-corrected chi connectivity index (χ1v) is 5.57. The van der Waals surface area contributed by atoms with Crippen LogP contribution < -0.4 is 5.32 Å². The van der Waals surface area contributed by atoms with E-state index in [-0.39, 0.29) is 0 Å². The monoisotopic (exact) mass is 184 g/mol. The van der Waals surface area contributed by atoms with Gasteiger partial charge in [0.1, 0.15) is 0 Å². The van der Waals surface area contributed by atoms with E-state index in [4.69, 9.17) is 0 Å². The highest BCUT2D eigenvalue weighted by molar-refractivity contribution is 4.82. The van der Waals surface area contributed by atoms with Gasteiger partial charge < -0.3 is 5.32 Å². The fourth-order valence-corrected chi connectivity index (χ4v) is 2.22. The molecule has 2 heteroatoms. The summed E-state index contributed by atoms with van der Waals surface area (Å²) in [5.74, 6) is 0.811. The van der Waals surface area contributed by atoms with Gasteiger partial charge in [-0.2, -0.15) is 0 Å². The van der Waals surface area contributed by atoms with Gasteiger partial charge in [-0.3, -0.25) is 4.90 Å². The first-order valence-electron chi connectivity index (χ1n) is 5.57. The molecular weight excluding hydrogens is 160 g/mol. The largest absolute Gasteiger partial charge is 0.314 e. The highest BCUT2D eigenvalue weighted by Gasteiger charge is 2.24. The molecule has 0 aromatic rings. The second-order valence-electron chi connectivity index (χ2n) is 4.82. The number of rotatable bonds is 3. The normalized spacial score (nSPS) is 25.8. The summed E-state index contributed by atoms with van der Waals surface area (Å²) >= 11 is 0. The third-order valence-corrected chi connectivity index (χ3v) is 2.80. The molecule has 1 rings (SSSR count). The number of hydrogen-bond acceptors (Lipinski definition) is 2. The molecule has 0 amide bonds. The van der Waals surface area contributed by atoms with Gasteiger partial charge >= 0.3 is 0 Å². The molecule has 1 N–H and O–H groups in total. The summed E-state index contributed by atoms with van der Waals surface area (Å²) in [5, 5.41) is 3.48. The molecule has 1 aliphatic heterocycles. The van der Waals surface area contributed by atoms with Gasteiger partial charge in [-0.25, -0.2) is 0 Å². The summed E-state index contributed by atoms with van der Waals surface area (Å²) in [6, 6.07) is 1.46. The van der Waals surface area contributed by atoms with Gasteiger partial charge in [-0.1, -0.05) is 13.8 Å². The van der Waals surface area contributed by atoms with Crippen LogP contribution in [-0.2, 0) is 0 Å². The fourth-order valence-electron chi connectivity index (χ4n) is 2.22. The van der Waals surface area contributed by atoms with Crippen molar-refractivity contribution in [1.29, 1.82) is 0 Å². The van der Waals surface area contributed by atoms with E-state index in [0.29, 0.717) is 6.04 Å². The quantitative estimate of drug-likeness (QED) is 0.718. The van der Waals surface area contributed by atoms with E-state index in [0.717, 1.165) is 18.5 Å². The molecule has 78 valence electrons. The molecule has 13 heavy (non-hydrogen) atoms. The Morgan fingerprint density at radius 2 is 2.00 bits per heavy atom. The minimum atomic E-state index is 0.700. The Morgan fingerprint density at radius 3 is 2.54 bits per heavy atom. The molecule has 0 bridgehead atoms. The summed E-state index contributed by atoms with van der Waals surface area (Å²) in [6.45, 7) is 12.8. The molecule has 2 nitrogen and oxygen atoms in total. The Morgan fingerprint density at radius 1 is 1.31 bits per heavy atom. The molecule has 1 fully saturated rings. The number of nitrogens with one attached hydrogen (secondary N) is 1. The first kappa shape index (κ1) is 11.0. The highest BCUT2D eigenvalue weighted by atomic mass is 15.2. The molecule has 1 saturated heterocycles. The van der Waals surface area contributed by atoms with Crippen LogP contribution in [0.5, 0.6) is 0 Å². The molecule has 0 unspecified atom stereocenters. The zero-order valence-corrected chi connectivity index (χ0v) is 9.51. The zero-order chi connectivity index (χ0) is 9.84. The molecule has 0 aromatic carbocycles. The molecule has 0 aromatic heterocycles. The van der Waals surface area contributed by atoms with Crippen molar-refractivity contribution in [3.63, 3.8) is 0 Å². The third kappa shape index (κ3) is 3.28. The summed E-state index contributed by atoms with van der Waals surface area (Å²) in [4.78, 5) is 2.64. The molecular formula is C11H24N2. The molecule has 1 atom stereocenters. The molecule has 0 radical (unpaired) electrons. The molecule has 1 aliphatic rings. The van der Waals surface area contributed by atoms with E-state index >= 15 is 0 Å². The van der Waals surface area contributed by atoms with Crippen LogP contribution >= 0.6 is 0 Å². The Bertz CT molecular complexity index is 143. The van der Waals surface area contributed by atoms with Crippen LogP contribution in [0.1, 0.15) is 34.1 Å². The Kier molecular flexibility index (Phi) is 4.20. The average Bonchev–Trinajstić information content (AvgIpc) is 2.03. The van der Waals surface area contributed by atoms with Crippen LogP contribution in [0.2, 0.25) is 0 Å². The lowest BCUT2D eigenvalue weighted by Gasteiger charge is -2.39. The standard InChI is InChI=1S/C11H24N2/c1-9(2)7-11-8-12-5-6-13(11)10(3)4/h9-12H,5-8H2,1-4H3/t11-/m0/s1. The maximum atomic E-state index is 3.48. The van der Waals surface area contributed by atoms with E-state index in [2.05, 4.69) is 37.9 Å². The average molecular weight is 184 g/mol. The lowest BCUT2D eigenvalue weighted by Crippen LogP contribution is -2.54. The van der Waals surface area contributed by atoms with Gasteiger partial charge in [0.2, 0.25) is 0 Å². The third-order valence-electron chi connectivity index (χ3n) is 2.80. The van der Waals surface area contributed by atoms with Crippen LogP contribution in [-0.4, -0.2) is 36.6 Å². The summed E-state index contributed by atoms with van der Waals surface area (Å²) in [7, 11) is 0. The van der Waals surface area contributed by atoms with Crippen molar-refractivity contribution in [2.75, 3.05) is 19.6 Å². The molecule has 1 heterocycles. The van der Waals surface area contributed by atoms with E-state index in [9.17, 15) is 0 Å². The fraction of sp³-hybridized carbons (Fsp3) is 1.00. The smallest absolute Gasteiger partial charge is 0.0226 e. The van der Waals surface area contributed by atoms with Crippen molar-refractivity contribution in [3.05, 3.63) is 0 Å². The highest BCUT2D eigenvalue weighted by Crippen LogP contribution is 2.15. The van der Waals surface area contributed by atoms with Gasteiger partial charge in [0.25, 0.3) is 0 Å². The topological polar surface area (TPSA) is 15.3 Å². The van der Waals surface area contributed by atoms with Gasteiger partial charge in [-0.05, 0) is 26.2 Å². The second-order valence-corrected chi connectivity index (χ2v) is 4.82. The minimum Gasteiger partial charge on any atom is -0.314 e. The summed E-state index contributed by atoms with van der Waals surface area (Å²) in [5.41, 5.74) is 0. The predicted molar refractivity (Wildman–Crippen MR) is 58.0 cm³/mol. The molecule has 0 saturated carbocycles. The summed E-state index contributed by atoms with van der Waals surface area (Å²) in [6.07, 6.45) is 1.32.